The van der Waals surface area contributed by atoms with Crippen molar-refractivity contribution in [1.82, 2.24) is 9.29 Å². The number of rotatable bonds is 3. The molecule has 1 aromatic carbocycles. The number of pyridine rings is 1. The number of aromatic nitrogens is 1. The lowest BCUT2D eigenvalue weighted by Crippen LogP contribution is -2.30. The molecule has 0 aliphatic carbocycles. The summed E-state index contributed by atoms with van der Waals surface area (Å²) >= 11 is 5.32. The van der Waals surface area contributed by atoms with Crippen molar-refractivity contribution in [1.29, 1.82) is 0 Å². The van der Waals surface area contributed by atoms with Crippen molar-refractivity contribution in [3.8, 4) is 0 Å². The molecule has 0 spiro atoms. The molecule has 2 aromatic rings. The van der Waals surface area contributed by atoms with Crippen LogP contribution in [0.25, 0.3) is 0 Å². The quantitative estimate of drug-likeness (QED) is 0.873. The van der Waals surface area contributed by atoms with Crippen molar-refractivity contribution >= 4 is 22.2 Å². The highest BCUT2D eigenvalue weighted by Gasteiger charge is 2.36. The average Bonchev–Trinajstić information content (AvgIpc) is 2.98. The highest BCUT2D eigenvalue weighted by Crippen LogP contribution is 2.36. The minimum atomic E-state index is -3.50. The number of aryl methyl sites for hydroxylation is 1. The van der Waals surface area contributed by atoms with Gasteiger partial charge < -0.3 is 4.98 Å². The third-order valence-corrected chi connectivity index (χ3v) is 6.31. The van der Waals surface area contributed by atoms with E-state index in [4.69, 9.17) is 12.2 Å². The van der Waals surface area contributed by atoms with Crippen molar-refractivity contribution in [2.45, 2.75) is 30.7 Å². The van der Waals surface area contributed by atoms with Crippen LogP contribution in [-0.2, 0) is 10.0 Å². The summed E-state index contributed by atoms with van der Waals surface area (Å²) in [4.78, 5) is 3.33. The molecule has 0 radical (unpaired) electrons. The van der Waals surface area contributed by atoms with Crippen molar-refractivity contribution < 1.29 is 8.42 Å². The van der Waals surface area contributed by atoms with E-state index in [0.29, 0.717) is 16.1 Å². The Hall–Kier alpha value is -1.50. The lowest BCUT2D eigenvalue weighted by atomic mass is 10.1. The molecule has 1 atom stereocenters. The van der Waals surface area contributed by atoms with E-state index < -0.39 is 10.0 Å². The number of hydrogen-bond acceptors (Lipinski definition) is 3. The topological polar surface area (TPSA) is 53.2 Å². The highest BCUT2D eigenvalue weighted by molar-refractivity contribution is 7.89. The van der Waals surface area contributed by atoms with E-state index >= 15 is 0 Å². The number of nitrogens with zero attached hydrogens (tertiary/aromatic N) is 1. The molecule has 3 rings (SSSR count). The van der Waals surface area contributed by atoms with Gasteiger partial charge in [-0.05, 0) is 38.0 Å². The van der Waals surface area contributed by atoms with Crippen LogP contribution in [-0.4, -0.2) is 24.3 Å². The van der Waals surface area contributed by atoms with E-state index in [1.165, 1.54) is 0 Å². The first-order valence-electron chi connectivity index (χ1n) is 7.26. The van der Waals surface area contributed by atoms with Crippen molar-refractivity contribution in [3.05, 3.63) is 58.4 Å². The Morgan fingerprint density at radius 3 is 2.64 bits per heavy atom. The second-order valence-corrected chi connectivity index (χ2v) is 7.84. The second kappa shape index (κ2) is 5.95. The molecule has 1 saturated heterocycles. The number of aromatic amines is 1. The maximum absolute atomic E-state index is 12.9. The number of H-pyrrole nitrogens is 1. The van der Waals surface area contributed by atoms with Crippen LogP contribution in [0.1, 0.15) is 30.0 Å². The molecule has 22 heavy (non-hydrogen) atoms. The van der Waals surface area contributed by atoms with E-state index in [2.05, 4.69) is 4.98 Å². The van der Waals surface area contributed by atoms with Crippen molar-refractivity contribution in [2.24, 2.45) is 0 Å². The first-order chi connectivity index (χ1) is 10.5. The Kier molecular flexibility index (Phi) is 4.16. The van der Waals surface area contributed by atoms with Gasteiger partial charge in [-0.2, -0.15) is 4.31 Å². The van der Waals surface area contributed by atoms with Gasteiger partial charge in [0.25, 0.3) is 0 Å². The lowest BCUT2D eigenvalue weighted by Gasteiger charge is -2.24. The summed E-state index contributed by atoms with van der Waals surface area (Å²) in [6, 6.07) is 10.6. The molecule has 0 amide bonds. The highest BCUT2D eigenvalue weighted by atomic mass is 32.2. The summed E-state index contributed by atoms with van der Waals surface area (Å²) < 4.78 is 28.0. The first kappa shape index (κ1) is 15.4. The predicted octanol–water partition coefficient (Wildman–Crippen LogP) is 3.58. The van der Waals surface area contributed by atoms with E-state index in [-0.39, 0.29) is 6.04 Å². The fourth-order valence-corrected chi connectivity index (χ4v) is 4.83. The van der Waals surface area contributed by atoms with Crippen molar-refractivity contribution in [3.63, 3.8) is 0 Å². The Morgan fingerprint density at radius 1 is 1.23 bits per heavy atom. The van der Waals surface area contributed by atoms with Crippen molar-refractivity contribution in [2.75, 3.05) is 6.54 Å². The Bertz CT molecular complexity index is 826. The number of benzene rings is 1. The predicted molar refractivity (Wildman–Crippen MR) is 88.7 cm³/mol. The Morgan fingerprint density at radius 2 is 1.95 bits per heavy atom. The fraction of sp³-hybridized carbons (Fsp3) is 0.312. The van der Waals surface area contributed by atoms with Gasteiger partial charge in [0.1, 0.15) is 4.64 Å². The molecule has 0 bridgehead atoms. The molecule has 1 aliphatic heterocycles. The van der Waals surface area contributed by atoms with Crippen LogP contribution in [0.2, 0.25) is 0 Å². The molecule has 1 N–H and O–H groups in total. The van der Waals surface area contributed by atoms with Crippen LogP contribution >= 0.6 is 12.2 Å². The van der Waals surface area contributed by atoms with Crippen LogP contribution < -0.4 is 0 Å². The minimum Gasteiger partial charge on any atom is -0.353 e. The molecule has 1 aliphatic rings. The van der Waals surface area contributed by atoms with Crippen LogP contribution in [0.5, 0.6) is 0 Å². The molecule has 1 fully saturated rings. The van der Waals surface area contributed by atoms with Crippen LogP contribution in [0, 0.1) is 11.6 Å². The molecule has 0 unspecified atom stereocenters. The maximum atomic E-state index is 12.9. The zero-order chi connectivity index (χ0) is 15.7. The second-order valence-electron chi connectivity index (χ2n) is 5.54. The van der Waals surface area contributed by atoms with Gasteiger partial charge in [-0.15, -0.1) is 0 Å². The van der Waals surface area contributed by atoms with E-state index in [0.717, 1.165) is 24.0 Å². The van der Waals surface area contributed by atoms with Crippen LogP contribution in [0.15, 0.2) is 47.5 Å². The summed E-state index contributed by atoms with van der Waals surface area (Å²) in [5, 5.41) is 0. The molecular formula is C16H18N2O2S2. The van der Waals surface area contributed by atoms with Gasteiger partial charge in [0, 0.05) is 18.3 Å². The Balaban J connectivity index is 2.01. The molecular weight excluding hydrogens is 316 g/mol. The first-order valence-corrected chi connectivity index (χ1v) is 9.11. The fourth-order valence-electron chi connectivity index (χ4n) is 2.88. The van der Waals surface area contributed by atoms with Gasteiger partial charge in [-0.25, -0.2) is 8.42 Å². The summed E-state index contributed by atoms with van der Waals surface area (Å²) in [5.41, 5.74) is 1.92. The van der Waals surface area contributed by atoms with Crippen LogP contribution in [0.4, 0.5) is 0 Å². The number of hydrogen-bond donors (Lipinski definition) is 1. The molecule has 2 heterocycles. The number of nitrogens with one attached hydrogen (secondary N) is 1. The van der Waals surface area contributed by atoms with Crippen LogP contribution in [0.3, 0.4) is 0 Å². The SMILES string of the molecule is Cc1ccc(S(=O)(=O)N2CCC[C@H]2c2ccc[nH]c2=S)cc1. The third kappa shape index (κ3) is 2.74. The average molecular weight is 334 g/mol. The smallest absolute Gasteiger partial charge is 0.243 e. The normalized spacial score (nSPS) is 19.4. The van der Waals surface area contributed by atoms with Gasteiger partial charge in [0.2, 0.25) is 10.0 Å². The van der Waals surface area contributed by atoms with E-state index in [1.807, 2.05) is 31.2 Å². The summed E-state index contributed by atoms with van der Waals surface area (Å²) in [6.45, 7) is 2.48. The summed E-state index contributed by atoms with van der Waals surface area (Å²) in [6.07, 6.45) is 3.41. The van der Waals surface area contributed by atoms with Gasteiger partial charge in [-0.3, -0.25) is 0 Å². The Labute approximate surface area is 135 Å². The zero-order valence-corrected chi connectivity index (χ0v) is 14.0. The molecule has 6 heteroatoms. The van der Waals surface area contributed by atoms with Gasteiger partial charge >= 0.3 is 0 Å². The van der Waals surface area contributed by atoms with Gasteiger partial charge in [0.15, 0.2) is 0 Å². The monoisotopic (exact) mass is 334 g/mol. The summed E-state index contributed by atoms with van der Waals surface area (Å²) in [5.74, 6) is 0. The van der Waals surface area contributed by atoms with Gasteiger partial charge in [-0.1, -0.05) is 36.0 Å². The molecule has 0 saturated carbocycles. The third-order valence-electron chi connectivity index (χ3n) is 4.04. The van der Waals surface area contributed by atoms with Gasteiger partial charge in [0.05, 0.1) is 10.9 Å². The standard InChI is InChI=1S/C16H18N2O2S2/c1-12-6-8-13(9-7-12)22(19,20)18-11-3-5-15(18)14-4-2-10-17-16(14)21/h2,4,6-10,15H,3,5,11H2,1H3,(H,17,21)/t15-/m0/s1. The molecule has 4 nitrogen and oxygen atoms in total. The molecule has 116 valence electrons. The van der Waals surface area contributed by atoms with E-state index in [9.17, 15) is 8.42 Å². The number of sulfonamides is 1. The minimum absolute atomic E-state index is 0.184. The zero-order valence-electron chi connectivity index (χ0n) is 12.3. The molecule has 1 aromatic heterocycles. The largest absolute Gasteiger partial charge is 0.353 e. The maximum Gasteiger partial charge on any atom is 0.243 e. The van der Waals surface area contributed by atoms with E-state index in [1.54, 1.807) is 22.6 Å². The lowest BCUT2D eigenvalue weighted by molar-refractivity contribution is 0.395. The summed E-state index contributed by atoms with van der Waals surface area (Å²) in [7, 11) is -3.50.